The average molecular weight is 387 g/mol. The van der Waals surface area contributed by atoms with Crippen molar-refractivity contribution < 1.29 is 9.53 Å². The third-order valence-electron chi connectivity index (χ3n) is 4.09. The molecule has 2 N–H and O–H groups in total. The minimum absolute atomic E-state index is 0.0578. The number of methoxy groups -OCH3 is 1. The van der Waals surface area contributed by atoms with Gasteiger partial charge in [0.05, 0.1) is 7.11 Å². The van der Waals surface area contributed by atoms with E-state index in [1.165, 1.54) is 5.56 Å². The Hall–Kier alpha value is -2.27. The molecule has 0 aliphatic heterocycles. The molecular formula is C19H19BrN2O2. The average Bonchev–Trinajstić information content (AvgIpc) is 2.90. The Morgan fingerprint density at radius 2 is 1.96 bits per heavy atom. The Labute approximate surface area is 149 Å². The van der Waals surface area contributed by atoms with Crippen molar-refractivity contribution in [1.82, 2.24) is 10.3 Å². The quantitative estimate of drug-likeness (QED) is 0.689. The van der Waals surface area contributed by atoms with E-state index >= 15 is 0 Å². The second-order valence-electron chi connectivity index (χ2n) is 5.65. The minimum Gasteiger partial charge on any atom is -0.497 e. The Morgan fingerprint density at radius 3 is 2.67 bits per heavy atom. The number of aromatic amines is 1. The predicted molar refractivity (Wildman–Crippen MR) is 99.8 cm³/mol. The van der Waals surface area contributed by atoms with Crippen molar-refractivity contribution in [3.63, 3.8) is 0 Å². The molecule has 24 heavy (non-hydrogen) atoms. The van der Waals surface area contributed by atoms with Gasteiger partial charge in [-0.25, -0.2) is 0 Å². The van der Waals surface area contributed by atoms with Crippen LogP contribution >= 0.6 is 15.9 Å². The summed E-state index contributed by atoms with van der Waals surface area (Å²) in [5, 5.41) is 4.12. The van der Waals surface area contributed by atoms with Gasteiger partial charge in [0.15, 0.2) is 0 Å². The van der Waals surface area contributed by atoms with E-state index in [4.69, 9.17) is 4.74 Å². The number of amides is 1. The molecule has 0 saturated heterocycles. The van der Waals surface area contributed by atoms with Crippen LogP contribution in [0.4, 0.5) is 0 Å². The molecule has 0 aliphatic rings. The molecule has 1 heterocycles. The Morgan fingerprint density at radius 1 is 1.21 bits per heavy atom. The maximum Gasteiger partial charge on any atom is 0.251 e. The van der Waals surface area contributed by atoms with Crippen molar-refractivity contribution in [3.8, 4) is 5.75 Å². The third-order valence-corrected chi connectivity index (χ3v) is 4.62. The van der Waals surface area contributed by atoms with Crippen molar-refractivity contribution in [2.45, 2.75) is 13.3 Å². The predicted octanol–water partition coefficient (Wildman–Crippen LogP) is 4.22. The monoisotopic (exact) mass is 386 g/mol. The van der Waals surface area contributed by atoms with Gasteiger partial charge in [-0.1, -0.05) is 15.9 Å². The van der Waals surface area contributed by atoms with E-state index in [2.05, 4.69) is 33.2 Å². The molecule has 0 spiro atoms. The SMILES string of the molecule is COc1ccc2[nH]c(C)c(CCNC(=O)c3ccc(Br)cc3)c2c1. The normalized spacial score (nSPS) is 10.8. The molecule has 3 aromatic rings. The van der Waals surface area contributed by atoms with Crippen LogP contribution in [-0.4, -0.2) is 24.5 Å². The number of hydrogen-bond donors (Lipinski definition) is 2. The van der Waals surface area contributed by atoms with Crippen LogP contribution in [0.3, 0.4) is 0 Å². The van der Waals surface area contributed by atoms with E-state index < -0.39 is 0 Å². The van der Waals surface area contributed by atoms with E-state index in [1.807, 2.05) is 30.3 Å². The van der Waals surface area contributed by atoms with Crippen LogP contribution in [0.25, 0.3) is 10.9 Å². The molecule has 0 saturated carbocycles. The van der Waals surface area contributed by atoms with Gasteiger partial charge < -0.3 is 15.0 Å². The van der Waals surface area contributed by atoms with Crippen molar-refractivity contribution in [1.29, 1.82) is 0 Å². The fourth-order valence-electron chi connectivity index (χ4n) is 2.81. The number of halogens is 1. The molecule has 0 fully saturated rings. The zero-order valence-electron chi connectivity index (χ0n) is 13.7. The summed E-state index contributed by atoms with van der Waals surface area (Å²) in [6.45, 7) is 2.64. The first-order valence-electron chi connectivity index (χ1n) is 7.77. The smallest absolute Gasteiger partial charge is 0.251 e. The number of nitrogens with one attached hydrogen (secondary N) is 2. The van der Waals surface area contributed by atoms with Crippen LogP contribution in [-0.2, 0) is 6.42 Å². The molecule has 4 nitrogen and oxygen atoms in total. The maximum atomic E-state index is 12.2. The molecule has 0 aliphatic carbocycles. The molecule has 124 valence electrons. The van der Waals surface area contributed by atoms with Gasteiger partial charge in [0, 0.05) is 33.2 Å². The number of hydrogen-bond acceptors (Lipinski definition) is 2. The zero-order valence-corrected chi connectivity index (χ0v) is 15.2. The maximum absolute atomic E-state index is 12.2. The van der Waals surface area contributed by atoms with Crippen molar-refractivity contribution in [3.05, 3.63) is 63.8 Å². The van der Waals surface area contributed by atoms with Gasteiger partial charge in [-0.15, -0.1) is 0 Å². The Kier molecular flexibility index (Phi) is 4.90. The van der Waals surface area contributed by atoms with Gasteiger partial charge >= 0.3 is 0 Å². The lowest BCUT2D eigenvalue weighted by Crippen LogP contribution is -2.25. The van der Waals surface area contributed by atoms with E-state index in [-0.39, 0.29) is 5.91 Å². The number of benzene rings is 2. The highest BCUT2D eigenvalue weighted by molar-refractivity contribution is 9.10. The highest BCUT2D eigenvalue weighted by Gasteiger charge is 2.10. The zero-order chi connectivity index (χ0) is 17.1. The van der Waals surface area contributed by atoms with Gasteiger partial charge in [0.25, 0.3) is 5.91 Å². The number of aryl methyl sites for hydroxylation is 1. The summed E-state index contributed by atoms with van der Waals surface area (Å²) in [5.74, 6) is 0.777. The van der Waals surface area contributed by atoms with Gasteiger partial charge in [-0.2, -0.15) is 0 Å². The Balaban J connectivity index is 1.70. The van der Waals surface area contributed by atoms with E-state index in [1.54, 1.807) is 19.2 Å². The summed E-state index contributed by atoms with van der Waals surface area (Å²) in [6, 6.07) is 13.3. The van der Waals surface area contributed by atoms with Crippen molar-refractivity contribution >= 4 is 32.7 Å². The second kappa shape index (κ2) is 7.09. The minimum atomic E-state index is -0.0578. The molecule has 1 amide bonds. The first-order chi connectivity index (χ1) is 11.6. The molecule has 0 bridgehead atoms. The highest BCUT2D eigenvalue weighted by Crippen LogP contribution is 2.26. The fraction of sp³-hybridized carbons (Fsp3) is 0.211. The number of fused-ring (bicyclic) bond motifs is 1. The third kappa shape index (κ3) is 3.46. The van der Waals surface area contributed by atoms with E-state index in [9.17, 15) is 4.79 Å². The Bertz CT molecular complexity index is 869. The van der Waals surface area contributed by atoms with Crippen LogP contribution in [0.15, 0.2) is 46.9 Å². The highest BCUT2D eigenvalue weighted by atomic mass is 79.9. The number of H-pyrrole nitrogens is 1. The van der Waals surface area contributed by atoms with Crippen LogP contribution in [0.1, 0.15) is 21.6 Å². The van der Waals surface area contributed by atoms with E-state index in [0.29, 0.717) is 12.1 Å². The summed E-state index contributed by atoms with van der Waals surface area (Å²) in [4.78, 5) is 15.6. The molecule has 0 radical (unpaired) electrons. The molecule has 3 rings (SSSR count). The van der Waals surface area contributed by atoms with Gasteiger partial charge in [-0.05, 0) is 61.4 Å². The topological polar surface area (TPSA) is 54.1 Å². The molecule has 5 heteroatoms. The summed E-state index contributed by atoms with van der Waals surface area (Å²) in [6.07, 6.45) is 0.765. The van der Waals surface area contributed by atoms with Crippen molar-refractivity contribution in [2.75, 3.05) is 13.7 Å². The molecule has 0 atom stereocenters. The molecule has 2 aromatic carbocycles. The lowest BCUT2D eigenvalue weighted by molar-refractivity contribution is 0.0954. The van der Waals surface area contributed by atoms with Crippen LogP contribution in [0, 0.1) is 6.92 Å². The summed E-state index contributed by atoms with van der Waals surface area (Å²) < 4.78 is 6.27. The second-order valence-corrected chi connectivity index (χ2v) is 6.57. The van der Waals surface area contributed by atoms with Gasteiger partial charge in [0.1, 0.15) is 5.75 Å². The first kappa shape index (κ1) is 16.6. The van der Waals surface area contributed by atoms with Crippen LogP contribution < -0.4 is 10.1 Å². The summed E-state index contributed by atoms with van der Waals surface area (Å²) in [5.41, 5.74) is 4.08. The van der Waals surface area contributed by atoms with Gasteiger partial charge in [-0.3, -0.25) is 4.79 Å². The number of carbonyl (C=O) groups is 1. The van der Waals surface area contributed by atoms with E-state index in [0.717, 1.165) is 33.2 Å². The molecular weight excluding hydrogens is 368 g/mol. The van der Waals surface area contributed by atoms with Crippen LogP contribution in [0.5, 0.6) is 5.75 Å². The van der Waals surface area contributed by atoms with Gasteiger partial charge in [0.2, 0.25) is 0 Å². The summed E-state index contributed by atoms with van der Waals surface area (Å²) in [7, 11) is 1.67. The lowest BCUT2D eigenvalue weighted by atomic mass is 10.1. The van der Waals surface area contributed by atoms with Crippen molar-refractivity contribution in [2.24, 2.45) is 0 Å². The fourth-order valence-corrected chi connectivity index (χ4v) is 3.08. The van der Waals surface area contributed by atoms with Crippen LogP contribution in [0.2, 0.25) is 0 Å². The number of rotatable bonds is 5. The summed E-state index contributed by atoms with van der Waals surface area (Å²) >= 11 is 3.37. The first-order valence-corrected chi connectivity index (χ1v) is 8.56. The number of ether oxygens (including phenoxy) is 1. The largest absolute Gasteiger partial charge is 0.497 e. The molecule has 1 aromatic heterocycles. The lowest BCUT2D eigenvalue weighted by Gasteiger charge is -2.06. The number of aromatic nitrogens is 1. The molecule has 0 unspecified atom stereocenters. The number of carbonyl (C=O) groups excluding carboxylic acids is 1. The standard InChI is InChI=1S/C19H19BrN2O2/c1-12-16(17-11-15(24-2)7-8-18(17)22-12)9-10-21-19(23)13-3-5-14(20)6-4-13/h3-8,11,22H,9-10H2,1-2H3,(H,21,23).